The van der Waals surface area contributed by atoms with Crippen molar-refractivity contribution < 1.29 is 4.79 Å². The molecule has 0 amide bonds. The molecule has 0 bridgehead atoms. The van der Waals surface area contributed by atoms with Gasteiger partial charge in [-0.2, -0.15) is 0 Å². The Bertz CT molecular complexity index is 1290. The van der Waals surface area contributed by atoms with Crippen LogP contribution in [0.15, 0.2) is 61.1 Å². The van der Waals surface area contributed by atoms with Crippen LogP contribution >= 0.6 is 11.6 Å². The van der Waals surface area contributed by atoms with E-state index in [9.17, 15) is 4.79 Å². The summed E-state index contributed by atoms with van der Waals surface area (Å²) in [5.74, 6) is 0.248. The molecular formula is C25H24ClN5O. The van der Waals surface area contributed by atoms with Gasteiger partial charge in [-0.05, 0) is 36.6 Å². The summed E-state index contributed by atoms with van der Waals surface area (Å²) in [6.07, 6.45) is 7.93. The lowest BCUT2D eigenvalue weighted by atomic mass is 10.0. The number of halogens is 1. The van der Waals surface area contributed by atoms with Gasteiger partial charge in [-0.15, -0.1) is 0 Å². The zero-order chi connectivity index (χ0) is 22.1. The molecule has 2 aromatic heterocycles. The van der Waals surface area contributed by atoms with E-state index in [0.717, 1.165) is 29.7 Å². The van der Waals surface area contributed by atoms with E-state index in [-0.39, 0.29) is 5.78 Å². The van der Waals surface area contributed by atoms with E-state index in [0.29, 0.717) is 39.9 Å². The van der Waals surface area contributed by atoms with Crippen molar-refractivity contribution in [2.45, 2.75) is 38.3 Å². The first-order chi connectivity index (χ1) is 15.6. The lowest BCUT2D eigenvalue weighted by Gasteiger charge is -2.12. The summed E-state index contributed by atoms with van der Waals surface area (Å²) in [5, 5.41) is 4.70. The van der Waals surface area contributed by atoms with Crippen molar-refractivity contribution in [1.82, 2.24) is 14.5 Å². The van der Waals surface area contributed by atoms with E-state index >= 15 is 0 Å². The maximum atomic E-state index is 13.5. The molecule has 2 heterocycles. The van der Waals surface area contributed by atoms with Gasteiger partial charge >= 0.3 is 0 Å². The van der Waals surface area contributed by atoms with Crippen molar-refractivity contribution in [2.24, 2.45) is 0 Å². The number of rotatable bonds is 6. The second-order valence-electron chi connectivity index (χ2n) is 8.20. The van der Waals surface area contributed by atoms with Crippen LogP contribution in [-0.2, 0) is 6.54 Å². The molecule has 162 valence electrons. The molecule has 32 heavy (non-hydrogen) atoms. The molecule has 1 fully saturated rings. The third-order valence-electron chi connectivity index (χ3n) is 6.17. The van der Waals surface area contributed by atoms with Crippen LogP contribution in [0.2, 0.25) is 5.02 Å². The molecule has 7 heteroatoms. The number of hydrogen-bond acceptors (Lipinski definition) is 5. The van der Waals surface area contributed by atoms with Gasteiger partial charge in [0.05, 0.1) is 10.9 Å². The van der Waals surface area contributed by atoms with Crippen molar-refractivity contribution in [3.8, 4) is 0 Å². The van der Waals surface area contributed by atoms with Crippen LogP contribution in [0.4, 0.5) is 11.5 Å². The summed E-state index contributed by atoms with van der Waals surface area (Å²) >= 11 is 6.26. The summed E-state index contributed by atoms with van der Waals surface area (Å²) < 4.78 is 2.12. The molecule has 0 spiro atoms. The lowest BCUT2D eigenvalue weighted by Crippen LogP contribution is -2.05. The molecule has 0 aliphatic heterocycles. The summed E-state index contributed by atoms with van der Waals surface area (Å²) in [7, 11) is 0. The van der Waals surface area contributed by atoms with Crippen LogP contribution in [0.25, 0.3) is 11.0 Å². The van der Waals surface area contributed by atoms with Crippen molar-refractivity contribution in [3.63, 3.8) is 0 Å². The summed E-state index contributed by atoms with van der Waals surface area (Å²) in [6, 6.07) is 15.5. The number of anilines is 2. The second kappa shape index (κ2) is 8.63. The molecule has 2 aromatic carbocycles. The first-order valence-corrected chi connectivity index (χ1v) is 11.2. The number of nitrogen functional groups attached to an aromatic ring is 1. The zero-order valence-electron chi connectivity index (χ0n) is 17.6. The zero-order valence-corrected chi connectivity index (χ0v) is 18.3. The molecule has 0 radical (unpaired) electrons. The first kappa shape index (κ1) is 20.5. The van der Waals surface area contributed by atoms with E-state index < -0.39 is 0 Å². The number of nitrogens with one attached hydrogen (secondary N) is 1. The Balaban J connectivity index is 1.47. The van der Waals surface area contributed by atoms with E-state index in [1.165, 1.54) is 19.2 Å². The molecule has 0 saturated heterocycles. The summed E-state index contributed by atoms with van der Waals surface area (Å²) in [4.78, 5) is 22.2. The van der Waals surface area contributed by atoms with Gasteiger partial charge in [0.2, 0.25) is 0 Å². The number of carbonyl (C=O) groups is 1. The van der Waals surface area contributed by atoms with Gasteiger partial charge < -0.3 is 15.6 Å². The number of carbonyl (C=O) groups excluding carboxylic acids is 1. The van der Waals surface area contributed by atoms with Crippen LogP contribution in [0.5, 0.6) is 0 Å². The SMILES string of the molecule is Nc1ncnc2c1c(C(=O)c1cccc(NCc3ccccc3Cl)c1)cn2C1CCCC1. The van der Waals surface area contributed by atoms with Gasteiger partial charge in [-0.3, -0.25) is 4.79 Å². The molecule has 1 saturated carbocycles. The van der Waals surface area contributed by atoms with Crippen molar-refractivity contribution >= 4 is 39.9 Å². The normalized spacial score (nSPS) is 14.2. The van der Waals surface area contributed by atoms with Gasteiger partial charge in [0.15, 0.2) is 5.78 Å². The third-order valence-corrected chi connectivity index (χ3v) is 6.54. The monoisotopic (exact) mass is 445 g/mol. The summed E-state index contributed by atoms with van der Waals surface area (Å²) in [5.41, 5.74) is 9.91. The quantitative estimate of drug-likeness (QED) is 0.376. The van der Waals surface area contributed by atoms with Gasteiger partial charge in [0.1, 0.15) is 17.8 Å². The molecule has 1 aliphatic carbocycles. The Morgan fingerprint density at radius 3 is 2.75 bits per heavy atom. The fourth-order valence-corrected chi connectivity index (χ4v) is 4.71. The average Bonchev–Trinajstić information content (AvgIpc) is 3.47. The molecular weight excluding hydrogens is 422 g/mol. The molecule has 4 aromatic rings. The number of fused-ring (bicyclic) bond motifs is 1. The van der Waals surface area contributed by atoms with E-state index in [2.05, 4.69) is 19.9 Å². The number of nitrogens with two attached hydrogens (primary N) is 1. The van der Waals surface area contributed by atoms with Gasteiger partial charge in [-0.1, -0.05) is 54.8 Å². The van der Waals surface area contributed by atoms with Gasteiger partial charge in [0, 0.05) is 35.1 Å². The fourth-order valence-electron chi connectivity index (χ4n) is 4.51. The highest BCUT2D eigenvalue weighted by Gasteiger charge is 2.25. The lowest BCUT2D eigenvalue weighted by molar-refractivity contribution is 0.104. The highest BCUT2D eigenvalue weighted by atomic mass is 35.5. The van der Waals surface area contributed by atoms with Crippen LogP contribution in [0.1, 0.15) is 53.2 Å². The van der Waals surface area contributed by atoms with Gasteiger partial charge in [-0.25, -0.2) is 9.97 Å². The largest absolute Gasteiger partial charge is 0.383 e. The minimum atomic E-state index is -0.0883. The number of benzene rings is 2. The maximum absolute atomic E-state index is 13.5. The second-order valence-corrected chi connectivity index (χ2v) is 8.61. The average molecular weight is 446 g/mol. The Kier molecular flexibility index (Phi) is 5.53. The fraction of sp³-hybridized carbons (Fsp3) is 0.240. The van der Waals surface area contributed by atoms with Crippen molar-refractivity contribution in [1.29, 1.82) is 0 Å². The number of nitrogens with zero attached hydrogens (tertiary/aromatic N) is 3. The minimum absolute atomic E-state index is 0.0883. The van der Waals surface area contributed by atoms with Gasteiger partial charge in [0.25, 0.3) is 0 Å². The molecule has 3 N–H and O–H groups in total. The third kappa shape index (κ3) is 3.82. The molecule has 6 nitrogen and oxygen atoms in total. The van der Waals surface area contributed by atoms with E-state index in [1.807, 2.05) is 54.7 Å². The number of ketones is 1. The minimum Gasteiger partial charge on any atom is -0.383 e. The van der Waals surface area contributed by atoms with Crippen molar-refractivity contribution in [3.05, 3.63) is 82.8 Å². The Labute approximate surface area is 191 Å². The van der Waals surface area contributed by atoms with E-state index in [1.54, 1.807) is 0 Å². The predicted molar refractivity (Wildman–Crippen MR) is 128 cm³/mol. The van der Waals surface area contributed by atoms with Crippen LogP contribution < -0.4 is 11.1 Å². The highest BCUT2D eigenvalue weighted by Crippen LogP contribution is 2.35. The molecule has 0 atom stereocenters. The Hall–Kier alpha value is -3.38. The smallest absolute Gasteiger partial charge is 0.195 e. The van der Waals surface area contributed by atoms with Crippen LogP contribution in [-0.4, -0.2) is 20.3 Å². The number of aromatic nitrogens is 3. The number of hydrogen-bond donors (Lipinski definition) is 2. The predicted octanol–water partition coefficient (Wildman–Crippen LogP) is 5.63. The summed E-state index contributed by atoms with van der Waals surface area (Å²) in [6.45, 7) is 0.569. The Morgan fingerprint density at radius 1 is 1.12 bits per heavy atom. The standard InChI is InChI=1S/C25H24ClN5O/c26-21-11-4-1-6-17(21)13-28-18-8-5-7-16(12-18)23(32)20-14-31(19-9-2-3-10-19)25-22(20)24(27)29-15-30-25/h1,4-8,11-12,14-15,19,28H,2-3,9-10,13H2,(H2,27,29,30). The van der Waals surface area contributed by atoms with Crippen LogP contribution in [0.3, 0.4) is 0 Å². The molecule has 5 rings (SSSR count). The van der Waals surface area contributed by atoms with Crippen molar-refractivity contribution in [2.75, 3.05) is 11.1 Å². The topological polar surface area (TPSA) is 85.8 Å². The Morgan fingerprint density at radius 2 is 1.94 bits per heavy atom. The highest BCUT2D eigenvalue weighted by molar-refractivity contribution is 6.31. The first-order valence-electron chi connectivity index (χ1n) is 10.8. The molecule has 1 aliphatic rings. The molecule has 0 unspecified atom stereocenters. The maximum Gasteiger partial charge on any atom is 0.195 e. The van der Waals surface area contributed by atoms with Crippen LogP contribution in [0, 0.1) is 0 Å². The van der Waals surface area contributed by atoms with E-state index in [4.69, 9.17) is 17.3 Å².